The zero-order valence-corrected chi connectivity index (χ0v) is 11.8. The van der Waals surface area contributed by atoms with Gasteiger partial charge in [-0.3, -0.25) is 4.79 Å². The van der Waals surface area contributed by atoms with Crippen molar-refractivity contribution in [1.29, 1.82) is 0 Å². The number of hydrogen-bond donors (Lipinski definition) is 1. The summed E-state index contributed by atoms with van der Waals surface area (Å²) in [5.41, 5.74) is 0.930. The van der Waals surface area contributed by atoms with E-state index in [-0.39, 0.29) is 5.91 Å². The van der Waals surface area contributed by atoms with Gasteiger partial charge in [-0.1, -0.05) is 50.6 Å². The van der Waals surface area contributed by atoms with E-state index in [9.17, 15) is 4.79 Å². The lowest BCUT2D eigenvalue weighted by atomic mass is 10.1. The second kappa shape index (κ2) is 7.39. The summed E-state index contributed by atoms with van der Waals surface area (Å²) in [4.78, 5) is 11.8. The molecule has 0 aliphatic rings. The van der Waals surface area contributed by atoms with Gasteiger partial charge >= 0.3 is 0 Å². The summed E-state index contributed by atoms with van der Waals surface area (Å²) < 4.78 is 5.26. The number of anilines is 1. The highest BCUT2D eigenvalue weighted by molar-refractivity contribution is 6.31. The molecule has 18 heavy (non-hydrogen) atoms. The van der Waals surface area contributed by atoms with E-state index in [2.05, 4.69) is 5.32 Å². The molecule has 0 spiro atoms. The lowest BCUT2D eigenvalue weighted by Gasteiger charge is -2.14. The van der Waals surface area contributed by atoms with Crippen molar-refractivity contribution in [3.05, 3.63) is 29.8 Å². The molecule has 0 aromatic heterocycles. The number of nitrogens with one attached hydrogen (secondary N) is 1. The quantitative estimate of drug-likeness (QED) is 0.804. The summed E-state index contributed by atoms with van der Waals surface area (Å²) in [6, 6.07) is 7.67. The second-order valence-electron chi connectivity index (χ2n) is 4.54. The molecule has 0 radical (unpaired) electrons. The molecule has 1 amide bonds. The predicted molar refractivity (Wildman–Crippen MR) is 74.9 cm³/mol. The molecule has 0 heterocycles. The molecule has 0 fully saturated rings. The van der Waals surface area contributed by atoms with Crippen molar-refractivity contribution in [2.75, 3.05) is 11.9 Å². The van der Waals surface area contributed by atoms with Gasteiger partial charge in [0, 0.05) is 5.69 Å². The Morgan fingerprint density at radius 2 is 2.06 bits per heavy atom. The van der Waals surface area contributed by atoms with Crippen molar-refractivity contribution in [1.82, 2.24) is 0 Å². The molecule has 0 saturated heterocycles. The summed E-state index contributed by atoms with van der Waals surface area (Å²) in [7, 11) is 0. The van der Waals surface area contributed by atoms with Crippen LogP contribution in [0.2, 0.25) is 0 Å². The van der Waals surface area contributed by atoms with E-state index in [1.165, 1.54) is 0 Å². The first-order chi connectivity index (χ1) is 8.54. The number of hydrogen-bond acceptors (Lipinski definition) is 2. The third-order valence-electron chi connectivity index (χ3n) is 2.44. The Kier molecular flexibility index (Phi) is 6.16. The van der Waals surface area contributed by atoms with E-state index in [1.54, 1.807) is 0 Å². The lowest BCUT2D eigenvalue weighted by molar-refractivity contribution is -0.123. The minimum atomic E-state index is -0.947. The molecule has 1 atom stereocenters. The maximum atomic E-state index is 11.8. The Hall–Kier alpha value is -1.06. The fourth-order valence-corrected chi connectivity index (χ4v) is 1.62. The highest BCUT2D eigenvalue weighted by atomic mass is 35.5. The maximum absolute atomic E-state index is 11.8. The summed E-state index contributed by atoms with van der Waals surface area (Å²) in [6.45, 7) is 6.53. The van der Waals surface area contributed by atoms with Gasteiger partial charge in [0.1, 0.15) is 0 Å². The topological polar surface area (TPSA) is 38.3 Å². The summed E-state index contributed by atoms with van der Waals surface area (Å²) in [6.07, 6.45) is 0.857. The molecular formula is C14H20ClNO2. The molecule has 0 saturated carbocycles. The number of alkyl halides is 1. The van der Waals surface area contributed by atoms with Gasteiger partial charge in [-0.05, 0) is 24.0 Å². The van der Waals surface area contributed by atoms with E-state index >= 15 is 0 Å². The molecule has 1 aromatic carbocycles. The molecule has 3 nitrogen and oxygen atoms in total. The first-order valence-electron chi connectivity index (χ1n) is 6.19. The number of rotatable bonds is 6. The fraction of sp³-hybridized carbons (Fsp3) is 0.500. The summed E-state index contributed by atoms with van der Waals surface area (Å²) in [5, 5.41) is 2.79. The molecule has 4 heteroatoms. The number of aryl methyl sites for hydroxylation is 1. The van der Waals surface area contributed by atoms with Crippen molar-refractivity contribution < 1.29 is 9.53 Å². The molecule has 1 unspecified atom stereocenters. The first-order valence-corrected chi connectivity index (χ1v) is 6.62. The number of ether oxygens (including phenoxy) is 1. The molecule has 1 rings (SSSR count). The molecular weight excluding hydrogens is 250 g/mol. The summed E-state index contributed by atoms with van der Waals surface area (Å²) in [5.74, 6) is 0.0280. The number of benzene rings is 1. The van der Waals surface area contributed by atoms with Crippen LogP contribution in [-0.4, -0.2) is 18.1 Å². The SMILES string of the molecule is CCc1ccccc1NC(=O)C(Cl)OCC(C)C. The van der Waals surface area contributed by atoms with Crippen LogP contribution in [0, 0.1) is 5.92 Å². The predicted octanol–water partition coefficient (Wildman–Crippen LogP) is 3.43. The number of para-hydroxylation sites is 1. The Morgan fingerprint density at radius 3 is 2.67 bits per heavy atom. The third kappa shape index (κ3) is 4.67. The Morgan fingerprint density at radius 1 is 1.39 bits per heavy atom. The van der Waals surface area contributed by atoms with Gasteiger partial charge < -0.3 is 10.1 Å². The third-order valence-corrected chi connectivity index (χ3v) is 2.76. The van der Waals surface area contributed by atoms with Crippen LogP contribution < -0.4 is 5.32 Å². The van der Waals surface area contributed by atoms with Gasteiger partial charge in [0.25, 0.3) is 5.91 Å². The van der Waals surface area contributed by atoms with E-state index in [0.29, 0.717) is 12.5 Å². The standard InChI is InChI=1S/C14H20ClNO2/c1-4-11-7-5-6-8-12(11)16-14(17)13(15)18-9-10(2)3/h5-8,10,13H,4,9H2,1-3H3,(H,16,17). The van der Waals surface area contributed by atoms with Crippen molar-refractivity contribution in [2.45, 2.75) is 32.8 Å². The van der Waals surface area contributed by atoms with Gasteiger partial charge in [-0.15, -0.1) is 0 Å². The van der Waals surface area contributed by atoms with Crippen molar-refractivity contribution in [3.8, 4) is 0 Å². The average Bonchev–Trinajstić information content (AvgIpc) is 2.36. The molecule has 100 valence electrons. The normalized spacial score (nSPS) is 12.5. The molecule has 1 aromatic rings. The van der Waals surface area contributed by atoms with Gasteiger partial charge in [-0.2, -0.15) is 0 Å². The average molecular weight is 270 g/mol. The number of carbonyl (C=O) groups excluding carboxylic acids is 1. The second-order valence-corrected chi connectivity index (χ2v) is 4.94. The monoisotopic (exact) mass is 269 g/mol. The van der Waals surface area contributed by atoms with Crippen LogP contribution in [0.5, 0.6) is 0 Å². The molecule has 0 aliphatic heterocycles. The molecule has 0 aliphatic carbocycles. The highest BCUT2D eigenvalue weighted by Crippen LogP contribution is 2.16. The Bertz CT molecular complexity index is 393. The van der Waals surface area contributed by atoms with E-state index in [4.69, 9.17) is 16.3 Å². The maximum Gasteiger partial charge on any atom is 0.269 e. The summed E-state index contributed by atoms with van der Waals surface area (Å²) >= 11 is 5.89. The van der Waals surface area contributed by atoms with E-state index in [1.807, 2.05) is 45.0 Å². The fourth-order valence-electron chi connectivity index (χ4n) is 1.49. The minimum Gasteiger partial charge on any atom is -0.353 e. The van der Waals surface area contributed by atoms with Gasteiger partial charge in [0.15, 0.2) is 0 Å². The molecule has 1 N–H and O–H groups in total. The van der Waals surface area contributed by atoms with Crippen LogP contribution in [0.1, 0.15) is 26.3 Å². The van der Waals surface area contributed by atoms with Crippen LogP contribution >= 0.6 is 11.6 Å². The first kappa shape index (κ1) is 15.0. The van der Waals surface area contributed by atoms with Crippen molar-refractivity contribution in [2.24, 2.45) is 5.92 Å². The zero-order chi connectivity index (χ0) is 13.5. The smallest absolute Gasteiger partial charge is 0.269 e. The lowest BCUT2D eigenvalue weighted by Crippen LogP contribution is -2.27. The minimum absolute atomic E-state index is 0.321. The number of halogens is 1. The van der Waals surface area contributed by atoms with Crippen LogP contribution in [0.4, 0.5) is 5.69 Å². The van der Waals surface area contributed by atoms with E-state index in [0.717, 1.165) is 17.7 Å². The van der Waals surface area contributed by atoms with Crippen molar-refractivity contribution >= 4 is 23.2 Å². The van der Waals surface area contributed by atoms with Crippen molar-refractivity contribution in [3.63, 3.8) is 0 Å². The zero-order valence-electron chi connectivity index (χ0n) is 11.1. The highest BCUT2D eigenvalue weighted by Gasteiger charge is 2.17. The van der Waals surface area contributed by atoms with Gasteiger partial charge in [0.05, 0.1) is 6.61 Å². The number of carbonyl (C=O) groups is 1. The van der Waals surface area contributed by atoms with Crippen LogP contribution in [0.25, 0.3) is 0 Å². The number of amides is 1. The largest absolute Gasteiger partial charge is 0.353 e. The van der Waals surface area contributed by atoms with Gasteiger partial charge in [-0.25, -0.2) is 0 Å². The van der Waals surface area contributed by atoms with Crippen LogP contribution in [0.15, 0.2) is 24.3 Å². The Balaban J connectivity index is 2.58. The van der Waals surface area contributed by atoms with E-state index < -0.39 is 5.56 Å². The van der Waals surface area contributed by atoms with Crippen LogP contribution in [-0.2, 0) is 16.0 Å². The van der Waals surface area contributed by atoms with Crippen LogP contribution in [0.3, 0.4) is 0 Å². The molecule has 0 bridgehead atoms. The Labute approximate surface area is 113 Å². The van der Waals surface area contributed by atoms with Gasteiger partial charge in [0.2, 0.25) is 5.56 Å².